The van der Waals surface area contributed by atoms with Gasteiger partial charge in [0.2, 0.25) is 5.91 Å². The Balaban J connectivity index is 1.68. The number of aromatic nitrogens is 1. The van der Waals surface area contributed by atoms with Crippen LogP contribution in [0.15, 0.2) is 72.9 Å². The monoisotopic (exact) mass is 559 g/mol. The van der Waals surface area contributed by atoms with Crippen molar-refractivity contribution >= 4 is 45.5 Å². The number of ether oxygens (including phenoxy) is 2. The number of hydrogen-bond acceptors (Lipinski definition) is 7. The molecule has 4 rings (SSSR count). The number of rotatable bonds is 10. The summed E-state index contributed by atoms with van der Waals surface area (Å²) in [5, 5.41) is 16.8. The molecule has 204 valence electrons. The van der Waals surface area contributed by atoms with E-state index in [0.29, 0.717) is 58.4 Å². The molecule has 0 saturated heterocycles. The van der Waals surface area contributed by atoms with E-state index in [0.717, 1.165) is 0 Å². The van der Waals surface area contributed by atoms with Crippen LogP contribution in [0.4, 0.5) is 21.5 Å². The van der Waals surface area contributed by atoms with Crippen molar-refractivity contribution in [1.29, 1.82) is 5.26 Å². The molecule has 1 amide bonds. The van der Waals surface area contributed by atoms with Gasteiger partial charge in [0.05, 0.1) is 34.1 Å². The molecule has 10 heteroatoms. The van der Waals surface area contributed by atoms with Crippen LogP contribution in [0.2, 0.25) is 5.02 Å². The quantitative estimate of drug-likeness (QED) is 0.204. The summed E-state index contributed by atoms with van der Waals surface area (Å²) < 4.78 is 25.0. The zero-order valence-electron chi connectivity index (χ0n) is 22.2. The molecule has 8 nitrogen and oxygen atoms in total. The van der Waals surface area contributed by atoms with E-state index >= 15 is 0 Å². The molecule has 0 aliphatic rings. The lowest BCUT2D eigenvalue weighted by molar-refractivity contribution is -0.111. The Labute approximate surface area is 236 Å². The van der Waals surface area contributed by atoms with Crippen LogP contribution >= 0.6 is 11.6 Å². The number of carbonyl (C=O) groups excluding carboxylic acids is 1. The van der Waals surface area contributed by atoms with Gasteiger partial charge >= 0.3 is 0 Å². The zero-order chi connectivity index (χ0) is 28.6. The maximum Gasteiger partial charge on any atom is 0.248 e. The summed E-state index contributed by atoms with van der Waals surface area (Å²) in [6, 6.07) is 16.3. The van der Waals surface area contributed by atoms with Crippen molar-refractivity contribution in [3.05, 3.63) is 89.3 Å². The fourth-order valence-corrected chi connectivity index (χ4v) is 4.04. The Morgan fingerprint density at radius 2 is 2.00 bits per heavy atom. The first-order valence-corrected chi connectivity index (χ1v) is 12.8. The molecule has 0 atom stereocenters. The van der Waals surface area contributed by atoms with E-state index in [4.69, 9.17) is 21.1 Å². The molecule has 2 N–H and O–H groups in total. The van der Waals surface area contributed by atoms with Crippen molar-refractivity contribution < 1.29 is 18.7 Å². The smallest absolute Gasteiger partial charge is 0.248 e. The summed E-state index contributed by atoms with van der Waals surface area (Å²) in [6.45, 7) is 2.84. The van der Waals surface area contributed by atoms with Gasteiger partial charge in [-0.1, -0.05) is 23.7 Å². The lowest BCUT2D eigenvalue weighted by atomic mass is 10.1. The molecule has 40 heavy (non-hydrogen) atoms. The molecule has 0 saturated carbocycles. The van der Waals surface area contributed by atoms with Gasteiger partial charge in [-0.25, -0.2) is 4.39 Å². The van der Waals surface area contributed by atoms with E-state index in [-0.39, 0.29) is 16.5 Å². The fourth-order valence-electron chi connectivity index (χ4n) is 3.82. The van der Waals surface area contributed by atoms with Gasteiger partial charge in [0.25, 0.3) is 0 Å². The molecule has 0 fully saturated rings. The zero-order valence-corrected chi connectivity index (χ0v) is 22.9. The minimum Gasteiger partial charge on any atom is -0.492 e. The van der Waals surface area contributed by atoms with Crippen LogP contribution in [-0.2, 0) is 4.79 Å². The van der Waals surface area contributed by atoms with Crippen LogP contribution in [0.3, 0.4) is 0 Å². The number of benzene rings is 3. The minimum absolute atomic E-state index is 0.280. The highest BCUT2D eigenvalue weighted by atomic mass is 35.5. The SMILES string of the molecule is CCOc1cc2ncc(C#N)c(Nc3ccc(Oc4cccc(F)c4)c(Cl)c3)c2cc1NC(=O)C=CCN(C)C. The van der Waals surface area contributed by atoms with Gasteiger partial charge in [0.1, 0.15) is 29.1 Å². The second-order valence-corrected chi connectivity index (χ2v) is 9.35. The van der Waals surface area contributed by atoms with Crippen LogP contribution in [0.5, 0.6) is 17.2 Å². The lowest BCUT2D eigenvalue weighted by Gasteiger charge is -2.16. The first-order valence-electron chi connectivity index (χ1n) is 12.4. The number of nitrogens with zero attached hydrogens (tertiary/aromatic N) is 3. The number of fused-ring (bicyclic) bond motifs is 1. The Bertz CT molecular complexity index is 1620. The van der Waals surface area contributed by atoms with Crippen LogP contribution in [0.1, 0.15) is 12.5 Å². The summed E-state index contributed by atoms with van der Waals surface area (Å²) in [6.07, 6.45) is 4.68. The third-order valence-electron chi connectivity index (χ3n) is 5.61. The number of nitrogens with one attached hydrogen (secondary N) is 2. The topological polar surface area (TPSA) is 99.5 Å². The average Bonchev–Trinajstić information content (AvgIpc) is 2.91. The Hall–Kier alpha value is -4.65. The number of nitriles is 1. The van der Waals surface area contributed by atoms with Gasteiger partial charge in [0, 0.05) is 42.0 Å². The molecule has 0 radical (unpaired) electrons. The van der Waals surface area contributed by atoms with Crippen molar-refractivity contribution in [2.75, 3.05) is 37.9 Å². The van der Waals surface area contributed by atoms with Crippen LogP contribution in [0, 0.1) is 17.1 Å². The fraction of sp³-hybridized carbons (Fsp3) is 0.167. The van der Waals surface area contributed by atoms with E-state index in [1.54, 1.807) is 48.5 Å². The Morgan fingerprint density at radius 1 is 1.18 bits per heavy atom. The Morgan fingerprint density at radius 3 is 2.70 bits per heavy atom. The second-order valence-electron chi connectivity index (χ2n) is 8.94. The third kappa shape index (κ3) is 7.05. The summed E-state index contributed by atoms with van der Waals surface area (Å²) in [5.74, 6) is 0.363. The van der Waals surface area contributed by atoms with E-state index in [1.807, 2.05) is 25.9 Å². The number of pyridine rings is 1. The number of hydrogen-bond donors (Lipinski definition) is 2. The van der Waals surface area contributed by atoms with Crippen molar-refractivity contribution in [3.8, 4) is 23.3 Å². The molecule has 1 heterocycles. The maximum absolute atomic E-state index is 13.5. The number of halogens is 2. The van der Waals surface area contributed by atoms with Crippen LogP contribution < -0.4 is 20.1 Å². The van der Waals surface area contributed by atoms with Crippen molar-refractivity contribution in [3.63, 3.8) is 0 Å². The van der Waals surface area contributed by atoms with Crippen LogP contribution in [0.25, 0.3) is 10.9 Å². The number of carbonyl (C=O) groups is 1. The standard InChI is InChI=1S/C30H27ClFN5O3/c1-4-39-28-16-25-23(15-26(28)36-29(38)9-6-12-37(2)3)30(19(17-33)18-34-25)35-21-10-11-27(24(31)14-21)40-22-8-5-7-20(32)13-22/h5-11,13-16,18H,4,12H2,1-3H3,(H,34,35)(H,36,38). The summed E-state index contributed by atoms with van der Waals surface area (Å²) >= 11 is 6.47. The molecule has 0 spiro atoms. The predicted molar refractivity (Wildman–Crippen MR) is 155 cm³/mol. The van der Waals surface area contributed by atoms with Gasteiger partial charge in [-0.15, -0.1) is 0 Å². The van der Waals surface area contributed by atoms with Crippen molar-refractivity contribution in [2.24, 2.45) is 0 Å². The molecule has 3 aromatic carbocycles. The van der Waals surface area contributed by atoms with Crippen molar-refractivity contribution in [2.45, 2.75) is 6.92 Å². The molecule has 0 aliphatic heterocycles. The molecule has 4 aromatic rings. The van der Waals surface area contributed by atoms with Gasteiger partial charge < -0.3 is 25.0 Å². The Kier molecular flexibility index (Phi) is 9.17. The minimum atomic E-state index is -0.423. The molecule has 1 aromatic heterocycles. The highest BCUT2D eigenvalue weighted by Crippen LogP contribution is 2.38. The van der Waals surface area contributed by atoms with E-state index < -0.39 is 5.82 Å². The molecule has 0 aliphatic carbocycles. The van der Waals surface area contributed by atoms with Gasteiger partial charge in [-0.05, 0) is 57.4 Å². The molecule has 0 bridgehead atoms. The molecular weight excluding hydrogens is 533 g/mol. The second kappa shape index (κ2) is 12.9. The lowest BCUT2D eigenvalue weighted by Crippen LogP contribution is -2.13. The molecular formula is C30H27ClFN5O3. The summed E-state index contributed by atoms with van der Waals surface area (Å²) in [4.78, 5) is 19.0. The molecule has 0 unspecified atom stereocenters. The summed E-state index contributed by atoms with van der Waals surface area (Å²) in [7, 11) is 3.82. The number of likely N-dealkylation sites (N-methyl/N-ethyl adjacent to an activating group) is 1. The van der Waals surface area contributed by atoms with Gasteiger partial charge in [0.15, 0.2) is 0 Å². The predicted octanol–water partition coefficient (Wildman–Crippen LogP) is 6.89. The average molecular weight is 560 g/mol. The largest absolute Gasteiger partial charge is 0.492 e. The van der Waals surface area contributed by atoms with E-state index in [1.165, 1.54) is 24.4 Å². The first-order chi connectivity index (χ1) is 19.3. The van der Waals surface area contributed by atoms with Crippen molar-refractivity contribution in [1.82, 2.24) is 9.88 Å². The first kappa shape index (κ1) is 28.4. The maximum atomic E-state index is 13.5. The van der Waals surface area contributed by atoms with Crippen LogP contribution in [-0.4, -0.2) is 43.0 Å². The third-order valence-corrected chi connectivity index (χ3v) is 5.91. The van der Waals surface area contributed by atoms with Gasteiger partial charge in [-0.2, -0.15) is 5.26 Å². The number of anilines is 3. The number of amides is 1. The normalized spacial score (nSPS) is 11.0. The van der Waals surface area contributed by atoms with Gasteiger partial charge in [-0.3, -0.25) is 9.78 Å². The van der Waals surface area contributed by atoms with E-state index in [2.05, 4.69) is 21.7 Å². The highest BCUT2D eigenvalue weighted by molar-refractivity contribution is 6.32. The highest BCUT2D eigenvalue weighted by Gasteiger charge is 2.16. The summed E-state index contributed by atoms with van der Waals surface area (Å²) in [5.41, 5.74) is 2.33. The van der Waals surface area contributed by atoms with E-state index in [9.17, 15) is 14.4 Å².